The van der Waals surface area contributed by atoms with Crippen molar-refractivity contribution in [2.45, 2.75) is 12.8 Å². The van der Waals surface area contributed by atoms with E-state index in [1.165, 1.54) is 16.1 Å². The number of hydrogen-bond donors (Lipinski definition) is 0. The Morgan fingerprint density at radius 2 is 1.67 bits per heavy atom. The van der Waals surface area contributed by atoms with Crippen molar-refractivity contribution in [1.29, 1.82) is 0 Å². The molecule has 2 aromatic heterocycles. The molecule has 2 aliphatic rings. The van der Waals surface area contributed by atoms with Crippen molar-refractivity contribution in [3.63, 3.8) is 0 Å². The number of anilines is 1. The maximum atomic E-state index is 13.9. The van der Waals surface area contributed by atoms with E-state index < -0.39 is 0 Å². The molecule has 0 saturated carbocycles. The largest absolute Gasteiger partial charge is 0.368 e. The van der Waals surface area contributed by atoms with Crippen LogP contribution in [0, 0.1) is 0 Å². The van der Waals surface area contributed by atoms with Crippen LogP contribution in [0.25, 0.3) is 22.6 Å². The van der Waals surface area contributed by atoms with Gasteiger partial charge in [-0.15, -0.1) is 11.3 Å². The van der Waals surface area contributed by atoms with Crippen LogP contribution < -0.4 is 4.90 Å². The molecule has 6 rings (SSSR count). The Hall–Kier alpha value is -3.44. The number of piperazine rings is 1. The molecule has 0 N–H and O–H groups in total. The number of carbonyl (C=O) groups excluding carboxylic acids is 1. The van der Waals surface area contributed by atoms with Crippen LogP contribution in [0.5, 0.6) is 0 Å². The average Bonchev–Trinajstić information content (AvgIpc) is 3.53. The van der Waals surface area contributed by atoms with E-state index in [9.17, 15) is 4.79 Å². The van der Waals surface area contributed by atoms with E-state index in [2.05, 4.69) is 58.8 Å². The summed E-state index contributed by atoms with van der Waals surface area (Å²) < 4.78 is 0. The second-order valence-electron chi connectivity index (χ2n) is 8.63. The number of aromatic nitrogens is 1. The summed E-state index contributed by atoms with van der Waals surface area (Å²) in [6, 6.07) is 22.8. The molecule has 1 fully saturated rings. The summed E-state index contributed by atoms with van der Waals surface area (Å²) in [5, 5.41) is 3.07. The molecule has 1 aliphatic carbocycles. The summed E-state index contributed by atoms with van der Waals surface area (Å²) in [6.45, 7) is 3.17. The molecule has 1 aliphatic heterocycles. The topological polar surface area (TPSA) is 36.4 Å². The lowest BCUT2D eigenvalue weighted by Gasteiger charge is -2.36. The zero-order valence-corrected chi connectivity index (χ0v) is 19.2. The van der Waals surface area contributed by atoms with Crippen molar-refractivity contribution in [2.75, 3.05) is 31.1 Å². The van der Waals surface area contributed by atoms with Crippen molar-refractivity contribution >= 4 is 45.5 Å². The van der Waals surface area contributed by atoms with Crippen molar-refractivity contribution in [2.24, 2.45) is 0 Å². The zero-order chi connectivity index (χ0) is 22.2. The van der Waals surface area contributed by atoms with Gasteiger partial charge >= 0.3 is 0 Å². The van der Waals surface area contributed by atoms with Gasteiger partial charge in [0.15, 0.2) is 0 Å². The number of fused-ring (bicyclic) bond motifs is 2. The Balaban J connectivity index is 1.35. The molecule has 3 heterocycles. The molecule has 0 atom stereocenters. The lowest BCUT2D eigenvalue weighted by atomic mass is 9.99. The highest BCUT2D eigenvalue weighted by molar-refractivity contribution is 7.10. The molecule has 4 nitrogen and oxygen atoms in total. The number of carbonyl (C=O) groups is 1. The Morgan fingerprint density at radius 3 is 2.45 bits per heavy atom. The number of pyridine rings is 1. The van der Waals surface area contributed by atoms with Crippen LogP contribution in [0.4, 0.5) is 5.69 Å². The van der Waals surface area contributed by atoms with Crippen LogP contribution in [-0.4, -0.2) is 42.0 Å². The van der Waals surface area contributed by atoms with Gasteiger partial charge in [0.2, 0.25) is 0 Å². The molecule has 0 radical (unpaired) electrons. The first-order valence-corrected chi connectivity index (χ1v) is 12.4. The van der Waals surface area contributed by atoms with E-state index in [0.717, 1.165) is 66.7 Å². The Bertz CT molecular complexity index is 1340. The first kappa shape index (κ1) is 20.2. The SMILES string of the molecule is O=C(c1c2c(nc3ccccc13)/C(=C/c1cccs1)CC2)N1CCN(c2ccccc2)CC1. The van der Waals surface area contributed by atoms with Gasteiger partial charge in [-0.3, -0.25) is 4.79 Å². The van der Waals surface area contributed by atoms with Gasteiger partial charge in [0.1, 0.15) is 0 Å². The maximum Gasteiger partial charge on any atom is 0.255 e. The molecule has 164 valence electrons. The van der Waals surface area contributed by atoms with Crippen LogP contribution in [0.3, 0.4) is 0 Å². The van der Waals surface area contributed by atoms with E-state index in [-0.39, 0.29) is 5.91 Å². The maximum absolute atomic E-state index is 13.9. The zero-order valence-electron chi connectivity index (χ0n) is 18.4. The number of allylic oxidation sites excluding steroid dienone is 1. The standard InChI is InChI=1S/C28H25N3OS/c32-28(31-16-14-30(15-17-31)21-7-2-1-3-8-21)26-23-10-4-5-11-25(23)29-27-20(12-13-24(26)27)19-22-9-6-18-33-22/h1-11,18-19H,12-17H2/b20-19+. The number of amides is 1. The number of benzene rings is 2. The average molecular weight is 452 g/mol. The highest BCUT2D eigenvalue weighted by Crippen LogP contribution is 2.38. The van der Waals surface area contributed by atoms with Gasteiger partial charge in [-0.25, -0.2) is 4.98 Å². The molecular formula is C28H25N3OS. The molecule has 0 spiro atoms. The van der Waals surface area contributed by atoms with Gasteiger partial charge in [-0.05, 0) is 59.7 Å². The Morgan fingerprint density at radius 1 is 0.879 bits per heavy atom. The first-order chi connectivity index (χ1) is 16.3. The molecule has 4 aromatic rings. The summed E-state index contributed by atoms with van der Waals surface area (Å²) in [6.07, 6.45) is 4.04. The smallest absolute Gasteiger partial charge is 0.255 e. The highest BCUT2D eigenvalue weighted by Gasteiger charge is 2.30. The first-order valence-electron chi connectivity index (χ1n) is 11.5. The molecule has 33 heavy (non-hydrogen) atoms. The van der Waals surface area contributed by atoms with Crippen LogP contribution in [-0.2, 0) is 6.42 Å². The molecule has 1 saturated heterocycles. The van der Waals surface area contributed by atoms with Gasteiger partial charge in [-0.1, -0.05) is 42.5 Å². The van der Waals surface area contributed by atoms with Gasteiger partial charge in [0.25, 0.3) is 5.91 Å². The van der Waals surface area contributed by atoms with Crippen LogP contribution in [0.1, 0.15) is 32.9 Å². The third-order valence-corrected chi connectivity index (χ3v) is 7.52. The predicted molar refractivity (Wildman–Crippen MR) is 137 cm³/mol. The van der Waals surface area contributed by atoms with Gasteiger partial charge in [-0.2, -0.15) is 0 Å². The van der Waals surface area contributed by atoms with Crippen molar-refractivity contribution in [1.82, 2.24) is 9.88 Å². The van der Waals surface area contributed by atoms with Gasteiger partial charge < -0.3 is 9.80 Å². The highest BCUT2D eigenvalue weighted by atomic mass is 32.1. The Kier molecular flexibility index (Phi) is 5.19. The summed E-state index contributed by atoms with van der Waals surface area (Å²) in [4.78, 5) is 24.5. The molecular weight excluding hydrogens is 426 g/mol. The fourth-order valence-electron chi connectivity index (χ4n) is 5.03. The van der Waals surface area contributed by atoms with Crippen molar-refractivity contribution in [3.05, 3.63) is 93.8 Å². The van der Waals surface area contributed by atoms with E-state index in [4.69, 9.17) is 4.98 Å². The molecule has 0 unspecified atom stereocenters. The van der Waals surface area contributed by atoms with Crippen LogP contribution >= 0.6 is 11.3 Å². The summed E-state index contributed by atoms with van der Waals surface area (Å²) in [7, 11) is 0. The fraction of sp³-hybridized carbons (Fsp3) is 0.214. The fourth-order valence-corrected chi connectivity index (χ4v) is 5.71. The van der Waals surface area contributed by atoms with Crippen LogP contribution in [0.2, 0.25) is 0 Å². The number of hydrogen-bond acceptors (Lipinski definition) is 4. The van der Waals surface area contributed by atoms with E-state index >= 15 is 0 Å². The minimum atomic E-state index is 0.148. The lowest BCUT2D eigenvalue weighted by molar-refractivity contribution is 0.0747. The number of nitrogens with zero attached hydrogens (tertiary/aromatic N) is 3. The summed E-state index contributed by atoms with van der Waals surface area (Å²) >= 11 is 1.74. The lowest BCUT2D eigenvalue weighted by Crippen LogP contribution is -2.49. The number of rotatable bonds is 3. The molecule has 5 heteroatoms. The van der Waals surface area contributed by atoms with Gasteiger partial charge in [0.05, 0.1) is 16.8 Å². The summed E-state index contributed by atoms with van der Waals surface area (Å²) in [5.41, 5.74) is 6.35. The second-order valence-corrected chi connectivity index (χ2v) is 9.61. The third-order valence-electron chi connectivity index (χ3n) is 6.70. The van der Waals surface area contributed by atoms with Gasteiger partial charge in [0, 0.05) is 42.1 Å². The quantitative estimate of drug-likeness (QED) is 0.398. The number of thiophene rings is 1. The minimum Gasteiger partial charge on any atom is -0.368 e. The van der Waals surface area contributed by atoms with E-state index in [0.29, 0.717) is 0 Å². The molecule has 1 amide bonds. The predicted octanol–water partition coefficient (Wildman–Crippen LogP) is 5.75. The molecule has 0 bridgehead atoms. The van der Waals surface area contributed by atoms with Crippen LogP contribution in [0.15, 0.2) is 72.1 Å². The Labute approximate surface area is 197 Å². The number of para-hydroxylation sites is 2. The second kappa shape index (κ2) is 8.49. The van der Waals surface area contributed by atoms with E-state index in [1.54, 1.807) is 11.3 Å². The minimum absolute atomic E-state index is 0.148. The molecule has 2 aromatic carbocycles. The van der Waals surface area contributed by atoms with E-state index in [1.807, 2.05) is 29.2 Å². The monoisotopic (exact) mass is 451 g/mol. The normalized spacial score (nSPS) is 17.0. The third kappa shape index (κ3) is 3.72. The van der Waals surface area contributed by atoms with Crippen molar-refractivity contribution in [3.8, 4) is 0 Å². The van der Waals surface area contributed by atoms with Crippen molar-refractivity contribution < 1.29 is 4.79 Å². The summed E-state index contributed by atoms with van der Waals surface area (Å²) in [5.74, 6) is 0.148.